The Balaban J connectivity index is 1.67. The van der Waals surface area contributed by atoms with Crippen molar-refractivity contribution in [1.82, 2.24) is 0 Å². The zero-order valence-corrected chi connectivity index (χ0v) is 17.4. The van der Waals surface area contributed by atoms with Crippen LogP contribution in [0, 0.1) is 5.82 Å². The van der Waals surface area contributed by atoms with Gasteiger partial charge in [0.15, 0.2) is 17.3 Å². The van der Waals surface area contributed by atoms with Crippen LogP contribution in [0.15, 0.2) is 24.3 Å². The van der Waals surface area contributed by atoms with E-state index in [0.717, 1.165) is 6.07 Å². The van der Waals surface area contributed by atoms with Crippen molar-refractivity contribution in [3.63, 3.8) is 0 Å². The van der Waals surface area contributed by atoms with E-state index in [2.05, 4.69) is 0 Å². The van der Waals surface area contributed by atoms with E-state index in [1.807, 2.05) is 0 Å². The van der Waals surface area contributed by atoms with Crippen LogP contribution in [-0.2, 0) is 0 Å². The highest BCUT2D eigenvalue weighted by Crippen LogP contribution is 2.52. The fraction of sp³-hybridized carbons (Fsp3) is 0.348. The highest BCUT2D eigenvalue weighted by molar-refractivity contribution is 6.07. The van der Waals surface area contributed by atoms with Crippen LogP contribution < -0.4 is 23.7 Å². The molecule has 0 fully saturated rings. The molecule has 3 heterocycles. The normalized spacial score (nSPS) is 22.4. The second-order valence-corrected chi connectivity index (χ2v) is 8.19. The van der Waals surface area contributed by atoms with Crippen LogP contribution in [0.2, 0.25) is 0 Å². The Morgan fingerprint density at radius 2 is 1.74 bits per heavy atom. The van der Waals surface area contributed by atoms with Crippen molar-refractivity contribution in [2.45, 2.75) is 31.5 Å². The van der Waals surface area contributed by atoms with E-state index in [1.54, 1.807) is 26.0 Å². The molecule has 2 aromatic carbocycles. The van der Waals surface area contributed by atoms with Crippen molar-refractivity contribution in [3.05, 3.63) is 46.8 Å². The molecule has 0 N–H and O–H groups in total. The molecule has 0 spiro atoms. The van der Waals surface area contributed by atoms with Gasteiger partial charge in [-0.2, -0.15) is 0 Å². The summed E-state index contributed by atoms with van der Waals surface area (Å²) in [6.45, 7) is 3.34. The molecule has 2 aromatic rings. The van der Waals surface area contributed by atoms with E-state index in [0.29, 0.717) is 22.8 Å². The van der Waals surface area contributed by atoms with Gasteiger partial charge in [0.2, 0.25) is 0 Å². The minimum absolute atomic E-state index is 0.00367. The van der Waals surface area contributed by atoms with Crippen LogP contribution >= 0.6 is 0 Å². The second-order valence-electron chi connectivity index (χ2n) is 8.19. The molecule has 2 atom stereocenters. The summed E-state index contributed by atoms with van der Waals surface area (Å²) in [4.78, 5) is 13.5. The average molecular weight is 428 g/mol. The van der Waals surface area contributed by atoms with Gasteiger partial charge in [-0.25, -0.2) is 8.78 Å². The van der Waals surface area contributed by atoms with Gasteiger partial charge in [-0.05, 0) is 26.0 Å². The average Bonchev–Trinajstić information content (AvgIpc) is 2.70. The molecule has 0 amide bonds. The van der Waals surface area contributed by atoms with Crippen LogP contribution in [0.5, 0.6) is 28.7 Å². The lowest BCUT2D eigenvalue weighted by molar-refractivity contribution is 0.0542. The third-order valence-corrected chi connectivity index (χ3v) is 5.71. The molecular formula is C23H20F2O6. The summed E-state index contributed by atoms with van der Waals surface area (Å²) in [5.74, 6) is -1.69. The Labute approximate surface area is 177 Å². The molecule has 162 valence electrons. The third kappa shape index (κ3) is 2.85. The largest absolute Gasteiger partial charge is 0.493 e. The quantitative estimate of drug-likeness (QED) is 0.705. The minimum atomic E-state index is -0.957. The topological polar surface area (TPSA) is 63.2 Å². The fourth-order valence-electron chi connectivity index (χ4n) is 4.38. The van der Waals surface area contributed by atoms with Crippen molar-refractivity contribution < 1.29 is 37.3 Å². The van der Waals surface area contributed by atoms with Crippen molar-refractivity contribution in [2.24, 2.45) is 0 Å². The number of ketones is 1. The van der Waals surface area contributed by atoms with E-state index in [-0.39, 0.29) is 29.2 Å². The van der Waals surface area contributed by atoms with E-state index >= 15 is 4.39 Å². The number of methoxy groups -OCH3 is 2. The number of rotatable bonds is 2. The van der Waals surface area contributed by atoms with Gasteiger partial charge < -0.3 is 23.7 Å². The van der Waals surface area contributed by atoms with Crippen molar-refractivity contribution >= 4 is 11.6 Å². The van der Waals surface area contributed by atoms with E-state index < -0.39 is 35.1 Å². The molecule has 0 unspecified atom stereocenters. The summed E-state index contributed by atoms with van der Waals surface area (Å²) in [5.41, 5.74) is -0.813. The maximum absolute atomic E-state index is 15.1. The van der Waals surface area contributed by atoms with E-state index in [9.17, 15) is 9.18 Å². The molecule has 8 heteroatoms. The number of carbonyl (C=O) groups is 1. The van der Waals surface area contributed by atoms with Crippen molar-refractivity contribution in [2.75, 3.05) is 20.8 Å². The number of ether oxygens (including phenoxy) is 5. The molecule has 5 rings (SSSR count). The number of hydrogen-bond acceptors (Lipinski definition) is 6. The lowest BCUT2D eigenvalue weighted by Crippen LogP contribution is -2.44. The first-order valence-electron chi connectivity index (χ1n) is 9.78. The fourth-order valence-corrected chi connectivity index (χ4v) is 4.38. The molecular weight excluding hydrogens is 408 g/mol. The Morgan fingerprint density at radius 1 is 1.03 bits per heavy atom. The zero-order chi connectivity index (χ0) is 22.1. The lowest BCUT2D eigenvalue weighted by Gasteiger charge is -2.39. The van der Waals surface area contributed by atoms with Gasteiger partial charge >= 0.3 is 0 Å². The number of hydrogen-bond donors (Lipinski definition) is 0. The first-order chi connectivity index (χ1) is 14.7. The maximum Gasteiger partial charge on any atom is 0.181 e. The van der Waals surface area contributed by atoms with Gasteiger partial charge in [0.25, 0.3) is 0 Å². The molecule has 3 aliphatic rings. The van der Waals surface area contributed by atoms with Crippen LogP contribution in [-0.4, -0.2) is 38.3 Å². The number of halogens is 2. The van der Waals surface area contributed by atoms with Crippen molar-refractivity contribution in [3.8, 4) is 28.7 Å². The van der Waals surface area contributed by atoms with E-state index in [1.165, 1.54) is 20.3 Å². The molecule has 6 nitrogen and oxygen atoms in total. The molecule has 0 radical (unpaired) electrons. The molecule has 0 saturated heterocycles. The standard InChI is InChI=1S/C23H20F2O6/c1-23(2)8-12(25)19-16(31-23)6-11(24)20-21(26)18-10-5-14(27-3)15(28-4)7-13(10)29-9-17(18)30-22(19)20/h5-8,17-18H,9H2,1-4H3/t17-,18+/m1/s1/i24-1,25-1. The molecule has 0 bridgehead atoms. The molecule has 0 aliphatic carbocycles. The monoisotopic (exact) mass is 428 g/mol. The van der Waals surface area contributed by atoms with Gasteiger partial charge in [-0.15, -0.1) is 0 Å². The zero-order valence-electron chi connectivity index (χ0n) is 17.4. The Morgan fingerprint density at radius 3 is 2.45 bits per heavy atom. The minimum Gasteiger partial charge on any atom is -0.493 e. The summed E-state index contributed by atoms with van der Waals surface area (Å²) in [5, 5.41) is 0. The number of fused-ring (bicyclic) bond motifs is 6. The Kier molecular flexibility index (Phi) is 4.19. The summed E-state index contributed by atoms with van der Waals surface area (Å²) < 4.78 is 58.2. The molecule has 3 aliphatic heterocycles. The Hall–Kier alpha value is -3.29. The smallest absolute Gasteiger partial charge is 0.181 e. The predicted molar refractivity (Wildman–Crippen MR) is 107 cm³/mol. The van der Waals surface area contributed by atoms with Gasteiger partial charge in [0.1, 0.15) is 47.2 Å². The second kappa shape index (κ2) is 6.60. The highest BCUT2D eigenvalue weighted by Gasteiger charge is 2.47. The van der Waals surface area contributed by atoms with Gasteiger partial charge in [0.05, 0.1) is 31.3 Å². The van der Waals surface area contributed by atoms with Crippen LogP contribution in [0.25, 0.3) is 5.83 Å². The van der Waals surface area contributed by atoms with Gasteiger partial charge in [-0.1, -0.05) is 0 Å². The third-order valence-electron chi connectivity index (χ3n) is 5.71. The number of Topliss-reactive ketones (excluding diaryl/α,β-unsaturated/α-hetero) is 1. The highest BCUT2D eigenvalue weighted by atomic mass is 18.2. The van der Waals surface area contributed by atoms with Crippen molar-refractivity contribution in [1.29, 1.82) is 0 Å². The first kappa shape index (κ1) is 19.7. The Bertz CT molecular complexity index is 1150. The number of benzene rings is 2. The van der Waals surface area contributed by atoms with Crippen LogP contribution in [0.3, 0.4) is 0 Å². The van der Waals surface area contributed by atoms with Crippen LogP contribution in [0.4, 0.5) is 8.78 Å². The first-order valence-corrected chi connectivity index (χ1v) is 9.78. The molecule has 0 aromatic heterocycles. The molecule has 0 saturated carbocycles. The predicted octanol–water partition coefficient (Wildman–Crippen LogP) is 4.44. The summed E-state index contributed by atoms with van der Waals surface area (Å²) >= 11 is 0. The summed E-state index contributed by atoms with van der Waals surface area (Å²) in [6.07, 6.45) is 0.510. The maximum atomic E-state index is 15.1. The molecule has 31 heavy (non-hydrogen) atoms. The summed E-state index contributed by atoms with van der Waals surface area (Å²) in [6, 6.07) is 4.29. The van der Waals surface area contributed by atoms with Gasteiger partial charge in [-0.3, -0.25) is 4.79 Å². The van der Waals surface area contributed by atoms with E-state index in [4.69, 9.17) is 23.7 Å². The van der Waals surface area contributed by atoms with Crippen LogP contribution in [0.1, 0.15) is 41.3 Å². The lowest BCUT2D eigenvalue weighted by atomic mass is 9.80. The summed E-state index contributed by atoms with van der Waals surface area (Å²) in [7, 11) is 2.97. The number of carbonyl (C=O) groups excluding carboxylic acids is 1. The SMILES string of the molecule is COc1cc2c(cc1OC)[C@@H]1C(=O)c3c([18F])cc4c(c3O[C@@H]1CO2)C([18F])=CC(C)(C)O4. The van der Waals surface area contributed by atoms with Gasteiger partial charge in [0, 0.05) is 17.7 Å².